The van der Waals surface area contributed by atoms with E-state index in [0.29, 0.717) is 12.4 Å². The third-order valence-electron chi connectivity index (χ3n) is 4.51. The number of carbonyl (C=O) groups is 1. The molecular weight excluding hydrogens is 362 g/mol. The van der Waals surface area contributed by atoms with Crippen molar-refractivity contribution in [2.75, 3.05) is 18.5 Å². The molecule has 4 nitrogen and oxygen atoms in total. The maximum absolute atomic E-state index is 12.1. The van der Waals surface area contributed by atoms with E-state index in [-0.39, 0.29) is 12.5 Å². The van der Waals surface area contributed by atoms with Crippen LogP contribution in [0.3, 0.4) is 0 Å². The molecule has 3 aromatic rings. The van der Waals surface area contributed by atoms with Crippen LogP contribution in [-0.2, 0) is 4.79 Å². The van der Waals surface area contributed by atoms with Crippen molar-refractivity contribution in [3.05, 3.63) is 78.4 Å². The fraction of sp³-hybridized carbons (Fsp3) is 0.240. The Morgan fingerprint density at radius 1 is 0.793 bits per heavy atom. The Bertz CT molecular complexity index is 900. The minimum Gasteiger partial charge on any atom is -0.494 e. The Morgan fingerprint density at radius 2 is 1.34 bits per heavy atom. The number of hydrogen-bond acceptors (Lipinski definition) is 3. The first-order valence-electron chi connectivity index (χ1n) is 9.96. The van der Waals surface area contributed by atoms with Gasteiger partial charge in [-0.15, -0.1) is 0 Å². The molecule has 4 heteroatoms. The van der Waals surface area contributed by atoms with Gasteiger partial charge in [-0.1, -0.05) is 55.3 Å². The number of unbranched alkanes of at least 4 members (excludes halogenated alkanes) is 1. The molecule has 0 heterocycles. The summed E-state index contributed by atoms with van der Waals surface area (Å²) in [4.78, 5) is 12.1. The molecule has 150 valence electrons. The number of nitrogens with one attached hydrogen (secondary N) is 1. The number of rotatable bonds is 9. The Hall–Kier alpha value is -3.27. The highest BCUT2D eigenvalue weighted by molar-refractivity contribution is 5.91. The highest BCUT2D eigenvalue weighted by Gasteiger charge is 2.05. The summed E-state index contributed by atoms with van der Waals surface area (Å²) in [7, 11) is 0. The molecule has 0 bridgehead atoms. The van der Waals surface area contributed by atoms with Crippen LogP contribution in [0.5, 0.6) is 11.5 Å². The van der Waals surface area contributed by atoms with Crippen LogP contribution in [0.25, 0.3) is 11.1 Å². The summed E-state index contributed by atoms with van der Waals surface area (Å²) in [6.45, 7) is 4.86. The Balaban J connectivity index is 1.47. The number of ether oxygens (including phenoxy) is 2. The van der Waals surface area contributed by atoms with Crippen molar-refractivity contribution < 1.29 is 14.3 Å². The van der Waals surface area contributed by atoms with E-state index in [2.05, 4.69) is 43.4 Å². The quantitative estimate of drug-likeness (QED) is 0.466. The predicted octanol–water partition coefficient (Wildman–Crippen LogP) is 5.86. The average molecular weight is 389 g/mol. The van der Waals surface area contributed by atoms with E-state index in [9.17, 15) is 4.79 Å². The summed E-state index contributed by atoms with van der Waals surface area (Å²) < 4.78 is 11.2. The van der Waals surface area contributed by atoms with Gasteiger partial charge in [0.15, 0.2) is 6.61 Å². The number of carbonyl (C=O) groups excluding carboxylic acids is 1. The highest BCUT2D eigenvalue weighted by atomic mass is 16.5. The van der Waals surface area contributed by atoms with Crippen LogP contribution in [0.15, 0.2) is 72.8 Å². The highest BCUT2D eigenvalue weighted by Crippen LogP contribution is 2.23. The molecule has 0 aliphatic carbocycles. The van der Waals surface area contributed by atoms with Crippen molar-refractivity contribution in [1.82, 2.24) is 0 Å². The molecule has 3 rings (SSSR count). The molecule has 29 heavy (non-hydrogen) atoms. The van der Waals surface area contributed by atoms with Crippen molar-refractivity contribution in [2.24, 2.45) is 0 Å². The molecule has 0 aliphatic rings. The van der Waals surface area contributed by atoms with Gasteiger partial charge in [0.25, 0.3) is 5.91 Å². The van der Waals surface area contributed by atoms with Gasteiger partial charge in [-0.2, -0.15) is 0 Å². The van der Waals surface area contributed by atoms with Crippen molar-refractivity contribution in [3.8, 4) is 22.6 Å². The summed E-state index contributed by atoms with van der Waals surface area (Å²) in [6, 6.07) is 23.5. The summed E-state index contributed by atoms with van der Waals surface area (Å²) >= 11 is 0. The fourth-order valence-corrected chi connectivity index (χ4v) is 2.80. The molecule has 0 unspecified atom stereocenters. The Labute approximate surface area is 172 Å². The van der Waals surface area contributed by atoms with Crippen LogP contribution in [0, 0.1) is 6.92 Å². The van der Waals surface area contributed by atoms with E-state index in [0.717, 1.165) is 35.4 Å². The molecular formula is C25H27NO3. The van der Waals surface area contributed by atoms with Gasteiger partial charge in [0.1, 0.15) is 11.5 Å². The van der Waals surface area contributed by atoms with Crippen LogP contribution in [0.4, 0.5) is 5.69 Å². The van der Waals surface area contributed by atoms with E-state index >= 15 is 0 Å². The van der Waals surface area contributed by atoms with E-state index < -0.39 is 0 Å². The van der Waals surface area contributed by atoms with Gasteiger partial charge in [-0.05, 0) is 60.9 Å². The van der Waals surface area contributed by atoms with Crippen LogP contribution in [0.2, 0.25) is 0 Å². The Morgan fingerprint density at radius 3 is 1.97 bits per heavy atom. The molecule has 0 atom stereocenters. The lowest BCUT2D eigenvalue weighted by atomic mass is 10.0. The zero-order valence-corrected chi connectivity index (χ0v) is 17.0. The average Bonchev–Trinajstić information content (AvgIpc) is 2.75. The van der Waals surface area contributed by atoms with Crippen LogP contribution in [0.1, 0.15) is 25.3 Å². The van der Waals surface area contributed by atoms with Crippen molar-refractivity contribution in [2.45, 2.75) is 26.7 Å². The molecule has 0 aliphatic heterocycles. The molecule has 0 fully saturated rings. The first kappa shape index (κ1) is 20.5. The standard InChI is InChI=1S/C25H27NO3/c1-3-4-17-28-23-15-11-22(12-16-23)26-25(27)18-29-24-13-9-21(10-14-24)20-7-5-19(2)6-8-20/h5-16H,3-4,17-18H2,1-2H3,(H,26,27). The first-order chi connectivity index (χ1) is 14.1. The largest absolute Gasteiger partial charge is 0.494 e. The van der Waals surface area contributed by atoms with Crippen molar-refractivity contribution in [1.29, 1.82) is 0 Å². The predicted molar refractivity (Wildman–Crippen MR) is 118 cm³/mol. The van der Waals surface area contributed by atoms with Gasteiger partial charge in [-0.25, -0.2) is 0 Å². The smallest absolute Gasteiger partial charge is 0.262 e. The molecule has 0 saturated heterocycles. The van der Waals surface area contributed by atoms with Gasteiger partial charge in [0, 0.05) is 5.69 Å². The molecule has 0 aromatic heterocycles. The third-order valence-corrected chi connectivity index (χ3v) is 4.51. The van der Waals surface area contributed by atoms with Gasteiger partial charge < -0.3 is 14.8 Å². The maximum Gasteiger partial charge on any atom is 0.262 e. The van der Waals surface area contributed by atoms with Gasteiger partial charge in [0.2, 0.25) is 0 Å². The summed E-state index contributed by atoms with van der Waals surface area (Å²) in [5.74, 6) is 1.27. The van der Waals surface area contributed by atoms with Crippen LogP contribution < -0.4 is 14.8 Å². The van der Waals surface area contributed by atoms with Crippen molar-refractivity contribution in [3.63, 3.8) is 0 Å². The zero-order chi connectivity index (χ0) is 20.5. The second kappa shape index (κ2) is 10.3. The summed E-state index contributed by atoms with van der Waals surface area (Å²) in [5.41, 5.74) is 4.22. The number of benzene rings is 3. The van der Waals surface area contributed by atoms with Crippen molar-refractivity contribution >= 4 is 11.6 Å². The SMILES string of the molecule is CCCCOc1ccc(NC(=O)COc2ccc(-c3ccc(C)cc3)cc2)cc1. The topological polar surface area (TPSA) is 47.6 Å². The zero-order valence-electron chi connectivity index (χ0n) is 17.0. The summed E-state index contributed by atoms with van der Waals surface area (Å²) in [6.07, 6.45) is 2.13. The number of hydrogen-bond donors (Lipinski definition) is 1. The summed E-state index contributed by atoms with van der Waals surface area (Å²) in [5, 5.41) is 2.83. The van der Waals surface area contributed by atoms with Gasteiger partial charge >= 0.3 is 0 Å². The maximum atomic E-state index is 12.1. The molecule has 0 spiro atoms. The van der Waals surface area contributed by atoms with Gasteiger partial charge in [0.05, 0.1) is 6.61 Å². The van der Waals surface area contributed by atoms with Gasteiger partial charge in [-0.3, -0.25) is 4.79 Å². The fourth-order valence-electron chi connectivity index (χ4n) is 2.80. The van der Waals surface area contributed by atoms with E-state index in [1.807, 2.05) is 48.5 Å². The molecule has 1 amide bonds. The number of amides is 1. The molecule has 1 N–H and O–H groups in total. The minimum absolute atomic E-state index is 0.0430. The number of anilines is 1. The lowest BCUT2D eigenvalue weighted by molar-refractivity contribution is -0.118. The lowest BCUT2D eigenvalue weighted by Gasteiger charge is -2.10. The third kappa shape index (κ3) is 6.39. The second-order valence-corrected chi connectivity index (χ2v) is 6.95. The lowest BCUT2D eigenvalue weighted by Crippen LogP contribution is -2.20. The molecule has 0 radical (unpaired) electrons. The normalized spacial score (nSPS) is 10.4. The monoisotopic (exact) mass is 389 g/mol. The molecule has 3 aromatic carbocycles. The number of aryl methyl sites for hydroxylation is 1. The minimum atomic E-state index is -0.202. The van der Waals surface area contributed by atoms with E-state index in [1.165, 1.54) is 5.56 Å². The van der Waals surface area contributed by atoms with Crippen LogP contribution in [-0.4, -0.2) is 19.1 Å². The first-order valence-corrected chi connectivity index (χ1v) is 9.96. The Kier molecular flexibility index (Phi) is 7.28. The molecule has 0 saturated carbocycles. The van der Waals surface area contributed by atoms with E-state index in [4.69, 9.17) is 9.47 Å². The second-order valence-electron chi connectivity index (χ2n) is 6.95. The van der Waals surface area contributed by atoms with E-state index in [1.54, 1.807) is 0 Å². The van der Waals surface area contributed by atoms with Crippen LogP contribution >= 0.6 is 0 Å².